The van der Waals surface area contributed by atoms with Crippen LogP contribution in [0.3, 0.4) is 0 Å². The summed E-state index contributed by atoms with van der Waals surface area (Å²) < 4.78 is 10.4. The first kappa shape index (κ1) is 15.3. The van der Waals surface area contributed by atoms with E-state index in [4.69, 9.17) is 9.47 Å². The first-order valence-corrected chi connectivity index (χ1v) is 6.65. The van der Waals surface area contributed by atoms with Crippen molar-refractivity contribution in [3.05, 3.63) is 29.3 Å². The summed E-state index contributed by atoms with van der Waals surface area (Å²) in [5, 5.41) is 12.0. The maximum absolute atomic E-state index is 12.3. The lowest BCUT2D eigenvalue weighted by atomic mass is 9.85. The molecular weight excluding hydrogens is 274 g/mol. The summed E-state index contributed by atoms with van der Waals surface area (Å²) in [5.74, 6) is -0.700. The number of aliphatic carboxylic acids is 1. The van der Waals surface area contributed by atoms with Gasteiger partial charge in [-0.25, -0.2) is 0 Å². The number of carboxylic acid groups (broad SMARTS) is 1. The molecule has 1 aromatic rings. The fourth-order valence-electron chi connectivity index (χ4n) is 2.29. The normalized spacial score (nSPS) is 24.6. The van der Waals surface area contributed by atoms with E-state index >= 15 is 0 Å². The molecular formula is C15H19NO5. The van der Waals surface area contributed by atoms with E-state index in [0.29, 0.717) is 11.3 Å². The lowest BCUT2D eigenvalue weighted by Crippen LogP contribution is -2.49. The van der Waals surface area contributed by atoms with Gasteiger partial charge in [-0.15, -0.1) is 0 Å². The number of carboxylic acids is 1. The number of benzene rings is 1. The van der Waals surface area contributed by atoms with Crippen LogP contribution in [0.25, 0.3) is 0 Å². The van der Waals surface area contributed by atoms with Crippen LogP contribution in [-0.2, 0) is 9.53 Å². The molecule has 114 valence electrons. The molecule has 0 saturated carbocycles. The van der Waals surface area contributed by atoms with E-state index in [1.165, 1.54) is 7.11 Å². The molecule has 2 rings (SSSR count). The number of rotatable bonds is 4. The standard InChI is InChI=1S/C15H19NO5/c1-9-4-5-10(6-11(9)20-3)13(17)16-12-7-21-8-15(12,2)14(18)19/h4-6,12H,7-8H2,1-3H3,(H,16,17)(H,18,19). The molecule has 2 N–H and O–H groups in total. The van der Waals surface area contributed by atoms with Gasteiger partial charge in [0.2, 0.25) is 0 Å². The molecule has 6 nitrogen and oxygen atoms in total. The van der Waals surface area contributed by atoms with Crippen molar-refractivity contribution >= 4 is 11.9 Å². The van der Waals surface area contributed by atoms with Crippen LogP contribution in [0.4, 0.5) is 0 Å². The van der Waals surface area contributed by atoms with E-state index in [2.05, 4.69) is 5.32 Å². The van der Waals surface area contributed by atoms with Crippen molar-refractivity contribution < 1.29 is 24.2 Å². The molecule has 1 fully saturated rings. The zero-order valence-electron chi connectivity index (χ0n) is 12.3. The van der Waals surface area contributed by atoms with E-state index in [9.17, 15) is 14.7 Å². The highest BCUT2D eigenvalue weighted by Gasteiger charge is 2.47. The number of nitrogens with one attached hydrogen (secondary N) is 1. The Kier molecular flexibility index (Phi) is 4.18. The van der Waals surface area contributed by atoms with Crippen LogP contribution in [0.15, 0.2) is 18.2 Å². The molecule has 1 amide bonds. The number of hydrogen-bond donors (Lipinski definition) is 2. The summed E-state index contributed by atoms with van der Waals surface area (Å²) in [7, 11) is 1.54. The molecule has 1 saturated heterocycles. The number of carbonyl (C=O) groups excluding carboxylic acids is 1. The fraction of sp³-hybridized carbons (Fsp3) is 0.467. The Morgan fingerprint density at radius 1 is 1.48 bits per heavy atom. The monoisotopic (exact) mass is 293 g/mol. The van der Waals surface area contributed by atoms with E-state index < -0.39 is 17.4 Å². The third-order valence-corrected chi connectivity index (χ3v) is 3.92. The first-order chi connectivity index (χ1) is 9.88. The predicted molar refractivity (Wildman–Crippen MR) is 75.5 cm³/mol. The second-order valence-corrected chi connectivity index (χ2v) is 5.45. The Labute approximate surface area is 123 Å². The molecule has 0 spiro atoms. The summed E-state index contributed by atoms with van der Waals surface area (Å²) in [6.45, 7) is 3.73. The third kappa shape index (κ3) is 2.85. The van der Waals surface area contributed by atoms with Gasteiger partial charge in [-0.1, -0.05) is 6.07 Å². The van der Waals surface area contributed by atoms with E-state index in [-0.39, 0.29) is 19.1 Å². The number of hydrogen-bond acceptors (Lipinski definition) is 4. The van der Waals surface area contributed by atoms with Gasteiger partial charge >= 0.3 is 5.97 Å². The Balaban J connectivity index is 2.16. The van der Waals surface area contributed by atoms with Gasteiger partial charge in [-0.05, 0) is 31.5 Å². The smallest absolute Gasteiger partial charge is 0.313 e. The van der Waals surface area contributed by atoms with Crippen molar-refractivity contribution in [1.29, 1.82) is 0 Å². The van der Waals surface area contributed by atoms with Gasteiger partial charge in [0.15, 0.2) is 0 Å². The lowest BCUT2D eigenvalue weighted by Gasteiger charge is -2.25. The number of aryl methyl sites for hydroxylation is 1. The second kappa shape index (κ2) is 5.73. The molecule has 1 aliphatic heterocycles. The predicted octanol–water partition coefficient (Wildman–Crippen LogP) is 1.22. The molecule has 21 heavy (non-hydrogen) atoms. The zero-order chi connectivity index (χ0) is 15.6. The summed E-state index contributed by atoms with van der Waals surface area (Å²) in [4.78, 5) is 23.6. The molecule has 2 unspecified atom stereocenters. The summed E-state index contributed by atoms with van der Waals surface area (Å²) in [6.07, 6.45) is 0. The van der Waals surface area contributed by atoms with Gasteiger partial charge < -0.3 is 19.9 Å². The molecule has 1 aromatic carbocycles. The lowest BCUT2D eigenvalue weighted by molar-refractivity contribution is -0.148. The molecule has 0 aliphatic carbocycles. The van der Waals surface area contributed by atoms with Crippen LogP contribution < -0.4 is 10.1 Å². The van der Waals surface area contributed by atoms with Crippen LogP contribution in [0.2, 0.25) is 0 Å². The van der Waals surface area contributed by atoms with Gasteiger partial charge in [-0.3, -0.25) is 9.59 Å². The number of methoxy groups -OCH3 is 1. The maximum Gasteiger partial charge on any atom is 0.313 e. The summed E-state index contributed by atoms with van der Waals surface area (Å²) >= 11 is 0. The molecule has 0 bridgehead atoms. The topological polar surface area (TPSA) is 84.9 Å². The molecule has 1 heterocycles. The van der Waals surface area contributed by atoms with Crippen LogP contribution >= 0.6 is 0 Å². The van der Waals surface area contributed by atoms with Crippen LogP contribution in [-0.4, -0.2) is 43.3 Å². The largest absolute Gasteiger partial charge is 0.496 e. The molecule has 0 radical (unpaired) electrons. The fourth-order valence-corrected chi connectivity index (χ4v) is 2.29. The Morgan fingerprint density at radius 3 is 2.81 bits per heavy atom. The number of ether oxygens (including phenoxy) is 2. The number of carbonyl (C=O) groups is 2. The summed E-state index contributed by atoms with van der Waals surface area (Å²) in [6, 6.07) is 4.55. The zero-order valence-corrected chi connectivity index (χ0v) is 12.3. The minimum Gasteiger partial charge on any atom is -0.496 e. The van der Waals surface area contributed by atoms with Gasteiger partial charge in [0.05, 0.1) is 26.4 Å². The van der Waals surface area contributed by atoms with Crippen molar-refractivity contribution in [2.45, 2.75) is 19.9 Å². The molecule has 1 aliphatic rings. The minimum absolute atomic E-state index is 0.0878. The highest BCUT2D eigenvalue weighted by molar-refractivity contribution is 5.95. The van der Waals surface area contributed by atoms with E-state index in [1.807, 2.05) is 6.92 Å². The van der Waals surface area contributed by atoms with E-state index in [0.717, 1.165) is 5.56 Å². The van der Waals surface area contributed by atoms with Crippen molar-refractivity contribution in [3.8, 4) is 5.75 Å². The van der Waals surface area contributed by atoms with Gasteiger partial charge in [0.25, 0.3) is 5.91 Å². The minimum atomic E-state index is -1.11. The first-order valence-electron chi connectivity index (χ1n) is 6.65. The summed E-state index contributed by atoms with van der Waals surface area (Å²) in [5.41, 5.74) is 0.246. The number of amides is 1. The van der Waals surface area contributed by atoms with Gasteiger partial charge in [0.1, 0.15) is 11.2 Å². The van der Waals surface area contributed by atoms with Crippen molar-refractivity contribution in [2.75, 3.05) is 20.3 Å². The van der Waals surface area contributed by atoms with Crippen molar-refractivity contribution in [2.24, 2.45) is 5.41 Å². The molecule has 6 heteroatoms. The Bertz CT molecular complexity index is 571. The Hall–Kier alpha value is -2.08. The second-order valence-electron chi connectivity index (χ2n) is 5.45. The quantitative estimate of drug-likeness (QED) is 0.872. The Morgan fingerprint density at radius 2 is 2.19 bits per heavy atom. The van der Waals surface area contributed by atoms with E-state index in [1.54, 1.807) is 25.1 Å². The van der Waals surface area contributed by atoms with Crippen molar-refractivity contribution in [3.63, 3.8) is 0 Å². The van der Waals surface area contributed by atoms with Crippen LogP contribution in [0, 0.1) is 12.3 Å². The third-order valence-electron chi connectivity index (χ3n) is 3.92. The van der Waals surface area contributed by atoms with Crippen LogP contribution in [0.5, 0.6) is 5.75 Å². The highest BCUT2D eigenvalue weighted by atomic mass is 16.5. The SMILES string of the molecule is COc1cc(C(=O)NC2COCC2(C)C(=O)O)ccc1C. The average molecular weight is 293 g/mol. The highest BCUT2D eigenvalue weighted by Crippen LogP contribution is 2.29. The van der Waals surface area contributed by atoms with Gasteiger partial charge in [0, 0.05) is 5.56 Å². The molecule has 0 aromatic heterocycles. The average Bonchev–Trinajstić information content (AvgIpc) is 2.82. The van der Waals surface area contributed by atoms with Gasteiger partial charge in [-0.2, -0.15) is 0 Å². The van der Waals surface area contributed by atoms with Crippen LogP contribution in [0.1, 0.15) is 22.8 Å². The van der Waals surface area contributed by atoms with Crippen molar-refractivity contribution in [1.82, 2.24) is 5.32 Å². The maximum atomic E-state index is 12.3. The molecule has 2 atom stereocenters.